The predicted molar refractivity (Wildman–Crippen MR) is 115 cm³/mol. The average Bonchev–Trinajstić information content (AvgIpc) is 3.12. The highest BCUT2D eigenvalue weighted by atomic mass is 32.2. The van der Waals surface area contributed by atoms with Crippen LogP contribution >= 0.6 is 11.8 Å². The second-order valence-corrected chi connectivity index (χ2v) is 7.82. The number of rotatable bonds is 6. The van der Waals surface area contributed by atoms with Crippen LogP contribution in [-0.2, 0) is 4.79 Å². The predicted octanol–water partition coefficient (Wildman–Crippen LogP) is 4.10. The molecular formula is C21H21N5O2S. The van der Waals surface area contributed by atoms with Crippen molar-refractivity contribution in [3.05, 3.63) is 54.4 Å². The van der Waals surface area contributed by atoms with Gasteiger partial charge in [0.05, 0.1) is 17.4 Å². The van der Waals surface area contributed by atoms with Crippen molar-refractivity contribution in [3.63, 3.8) is 0 Å². The van der Waals surface area contributed by atoms with E-state index in [1.165, 1.54) is 11.8 Å². The molecule has 1 atom stereocenters. The number of para-hydroxylation sites is 1. The maximum Gasteiger partial charge on any atom is 0.237 e. The maximum atomic E-state index is 12.7. The Morgan fingerprint density at radius 3 is 2.69 bits per heavy atom. The first kappa shape index (κ1) is 19.2. The normalized spacial score (nSPS) is 12.2. The van der Waals surface area contributed by atoms with Crippen molar-refractivity contribution >= 4 is 39.9 Å². The van der Waals surface area contributed by atoms with E-state index in [0.29, 0.717) is 17.6 Å². The summed E-state index contributed by atoms with van der Waals surface area (Å²) >= 11 is 1.35. The molecule has 1 N–H and O–H groups in total. The van der Waals surface area contributed by atoms with E-state index in [2.05, 4.69) is 15.4 Å². The van der Waals surface area contributed by atoms with Crippen molar-refractivity contribution in [1.82, 2.24) is 19.6 Å². The highest BCUT2D eigenvalue weighted by Crippen LogP contribution is 2.27. The molecule has 8 heteroatoms. The lowest BCUT2D eigenvalue weighted by Gasteiger charge is -2.13. The van der Waals surface area contributed by atoms with Crippen LogP contribution in [0.3, 0.4) is 0 Å². The molecule has 0 saturated carbocycles. The molecule has 2 heterocycles. The lowest BCUT2D eigenvalue weighted by atomic mass is 10.2. The highest BCUT2D eigenvalue weighted by Gasteiger charge is 2.19. The van der Waals surface area contributed by atoms with Crippen LogP contribution in [0, 0.1) is 6.92 Å². The number of benzene rings is 2. The van der Waals surface area contributed by atoms with Gasteiger partial charge in [0.2, 0.25) is 5.91 Å². The molecule has 0 aliphatic heterocycles. The average molecular weight is 407 g/mol. The van der Waals surface area contributed by atoms with E-state index >= 15 is 0 Å². The molecule has 0 saturated heterocycles. The summed E-state index contributed by atoms with van der Waals surface area (Å²) in [5, 5.41) is 8.59. The first-order valence-electron chi connectivity index (χ1n) is 9.37. The molecule has 29 heavy (non-hydrogen) atoms. The molecule has 0 radical (unpaired) electrons. The van der Waals surface area contributed by atoms with Crippen molar-refractivity contribution in [2.75, 3.05) is 11.9 Å². The van der Waals surface area contributed by atoms with Crippen LogP contribution in [0.2, 0.25) is 0 Å². The summed E-state index contributed by atoms with van der Waals surface area (Å²) in [5.41, 5.74) is 2.29. The molecule has 0 aliphatic carbocycles. The smallest absolute Gasteiger partial charge is 0.237 e. The van der Waals surface area contributed by atoms with Gasteiger partial charge in [-0.25, -0.2) is 9.97 Å². The van der Waals surface area contributed by atoms with Crippen molar-refractivity contribution < 1.29 is 9.53 Å². The fourth-order valence-corrected chi connectivity index (χ4v) is 3.83. The quantitative estimate of drug-likeness (QED) is 0.383. The van der Waals surface area contributed by atoms with Gasteiger partial charge in [-0.2, -0.15) is 4.52 Å². The number of aromatic nitrogens is 4. The summed E-state index contributed by atoms with van der Waals surface area (Å²) in [6.45, 7) is 6.23. The zero-order valence-electron chi connectivity index (χ0n) is 16.4. The number of anilines is 1. The van der Waals surface area contributed by atoms with Gasteiger partial charge in [-0.3, -0.25) is 4.79 Å². The second-order valence-electron chi connectivity index (χ2n) is 6.51. The molecule has 1 amide bonds. The van der Waals surface area contributed by atoms with Crippen LogP contribution in [0.25, 0.3) is 16.6 Å². The number of amides is 1. The van der Waals surface area contributed by atoms with Crippen LogP contribution in [0.1, 0.15) is 19.7 Å². The fraction of sp³-hybridized carbons (Fsp3) is 0.238. The number of aryl methyl sites for hydroxylation is 1. The van der Waals surface area contributed by atoms with Crippen LogP contribution in [-0.4, -0.2) is 37.3 Å². The van der Waals surface area contributed by atoms with Crippen molar-refractivity contribution in [2.24, 2.45) is 0 Å². The fourth-order valence-electron chi connectivity index (χ4n) is 2.97. The summed E-state index contributed by atoms with van der Waals surface area (Å²) in [6.07, 6.45) is 0. The van der Waals surface area contributed by atoms with E-state index in [9.17, 15) is 4.79 Å². The lowest BCUT2D eigenvalue weighted by molar-refractivity contribution is -0.115. The molecule has 148 valence electrons. The standard InChI is InChI=1S/C21H21N5O2S/c1-4-28-16-11-9-15(10-12-16)23-20(27)13(2)29-21-24-18-8-6-5-7-17(18)19-22-14(3)25-26(19)21/h5-13H,4H2,1-3H3,(H,23,27). The Hall–Kier alpha value is -3.13. The third-order valence-electron chi connectivity index (χ3n) is 4.34. The first-order chi connectivity index (χ1) is 14.0. The highest BCUT2D eigenvalue weighted by molar-refractivity contribution is 8.00. The number of thioether (sulfide) groups is 1. The minimum Gasteiger partial charge on any atom is -0.494 e. The SMILES string of the molecule is CCOc1ccc(NC(=O)C(C)Sc2nc3ccccc3c3nc(C)nn23)cc1. The summed E-state index contributed by atoms with van der Waals surface area (Å²) in [4.78, 5) is 21.9. The van der Waals surface area contributed by atoms with E-state index in [-0.39, 0.29) is 11.2 Å². The lowest BCUT2D eigenvalue weighted by Crippen LogP contribution is -2.23. The van der Waals surface area contributed by atoms with Crippen molar-refractivity contribution in [2.45, 2.75) is 31.2 Å². The molecule has 0 fully saturated rings. The number of carbonyl (C=O) groups is 1. The number of hydrogen-bond acceptors (Lipinski definition) is 6. The largest absolute Gasteiger partial charge is 0.494 e. The van der Waals surface area contributed by atoms with Gasteiger partial charge >= 0.3 is 0 Å². The zero-order chi connectivity index (χ0) is 20.4. The Balaban J connectivity index is 1.56. The Bertz CT molecular complexity index is 1170. The number of nitrogens with one attached hydrogen (secondary N) is 1. The molecule has 7 nitrogen and oxygen atoms in total. The van der Waals surface area contributed by atoms with Gasteiger partial charge in [0.25, 0.3) is 0 Å². The van der Waals surface area contributed by atoms with Crippen LogP contribution in [0.5, 0.6) is 5.75 Å². The van der Waals surface area contributed by atoms with Crippen LogP contribution in [0.15, 0.2) is 53.7 Å². The van der Waals surface area contributed by atoms with Gasteiger partial charge in [0.1, 0.15) is 11.6 Å². The van der Waals surface area contributed by atoms with Gasteiger partial charge in [0, 0.05) is 11.1 Å². The van der Waals surface area contributed by atoms with Crippen LogP contribution < -0.4 is 10.1 Å². The summed E-state index contributed by atoms with van der Waals surface area (Å²) in [7, 11) is 0. The summed E-state index contributed by atoms with van der Waals surface area (Å²) in [5.74, 6) is 1.33. The molecule has 2 aromatic heterocycles. The number of nitrogens with zero attached hydrogens (tertiary/aromatic N) is 4. The zero-order valence-corrected chi connectivity index (χ0v) is 17.2. The van der Waals surface area contributed by atoms with Gasteiger partial charge in [-0.1, -0.05) is 23.9 Å². The minimum atomic E-state index is -0.372. The second kappa shape index (κ2) is 8.08. The Morgan fingerprint density at radius 1 is 1.17 bits per heavy atom. The molecule has 0 aliphatic rings. The number of fused-ring (bicyclic) bond motifs is 3. The van der Waals surface area contributed by atoms with Gasteiger partial charge in [0.15, 0.2) is 10.8 Å². The van der Waals surface area contributed by atoms with Gasteiger partial charge < -0.3 is 10.1 Å². The summed E-state index contributed by atoms with van der Waals surface area (Å²) < 4.78 is 7.14. The van der Waals surface area contributed by atoms with Gasteiger partial charge in [-0.15, -0.1) is 5.10 Å². The maximum absolute atomic E-state index is 12.7. The van der Waals surface area contributed by atoms with E-state index in [1.54, 1.807) is 4.52 Å². The Labute approximate surface area is 172 Å². The topological polar surface area (TPSA) is 81.4 Å². The number of hydrogen-bond donors (Lipinski definition) is 1. The number of carbonyl (C=O) groups excluding carboxylic acids is 1. The van der Waals surface area contributed by atoms with Crippen molar-refractivity contribution in [3.8, 4) is 5.75 Å². The third kappa shape index (κ3) is 4.02. The van der Waals surface area contributed by atoms with E-state index in [1.807, 2.05) is 69.3 Å². The first-order valence-corrected chi connectivity index (χ1v) is 10.3. The molecule has 0 bridgehead atoms. The molecule has 0 spiro atoms. The minimum absolute atomic E-state index is 0.112. The van der Waals surface area contributed by atoms with E-state index in [0.717, 1.165) is 28.0 Å². The molecular weight excluding hydrogens is 386 g/mol. The monoisotopic (exact) mass is 407 g/mol. The van der Waals surface area contributed by atoms with Crippen LogP contribution in [0.4, 0.5) is 5.69 Å². The van der Waals surface area contributed by atoms with Gasteiger partial charge in [-0.05, 0) is 57.2 Å². The Kier molecular flexibility index (Phi) is 5.35. The molecule has 4 rings (SSSR count). The van der Waals surface area contributed by atoms with Crippen molar-refractivity contribution in [1.29, 1.82) is 0 Å². The number of ether oxygens (including phenoxy) is 1. The molecule has 1 unspecified atom stereocenters. The molecule has 4 aromatic rings. The third-order valence-corrected chi connectivity index (χ3v) is 5.38. The van der Waals surface area contributed by atoms with E-state index < -0.39 is 0 Å². The molecule has 2 aromatic carbocycles. The van der Waals surface area contributed by atoms with E-state index in [4.69, 9.17) is 9.72 Å². The Morgan fingerprint density at radius 2 is 1.93 bits per heavy atom. The summed E-state index contributed by atoms with van der Waals surface area (Å²) in [6, 6.07) is 15.1.